The summed E-state index contributed by atoms with van der Waals surface area (Å²) in [5.41, 5.74) is 1.81. The molecule has 0 bridgehead atoms. The van der Waals surface area contributed by atoms with Gasteiger partial charge in [0.15, 0.2) is 11.5 Å². The molecular formula is C19H21N5O. The van der Waals surface area contributed by atoms with Crippen LogP contribution in [0.4, 0.5) is 5.69 Å². The zero-order valence-corrected chi connectivity index (χ0v) is 14.2. The van der Waals surface area contributed by atoms with Crippen LogP contribution >= 0.6 is 0 Å². The molecule has 6 nitrogen and oxygen atoms in total. The van der Waals surface area contributed by atoms with Crippen molar-refractivity contribution < 1.29 is 4.79 Å². The van der Waals surface area contributed by atoms with Gasteiger partial charge >= 0.3 is 0 Å². The van der Waals surface area contributed by atoms with Crippen molar-refractivity contribution in [3.63, 3.8) is 0 Å². The molecule has 1 N–H and O–H groups in total. The number of pyridine rings is 1. The molecule has 2 aromatic heterocycles. The molecule has 0 radical (unpaired) electrons. The topological polar surface area (TPSA) is 62.5 Å². The number of hydrogen-bond acceptors (Lipinski definition) is 4. The molecule has 1 fully saturated rings. The minimum atomic E-state index is 0.0264. The average Bonchev–Trinajstić information content (AvgIpc) is 3.07. The molecule has 3 heterocycles. The van der Waals surface area contributed by atoms with E-state index in [1.807, 2.05) is 64.0 Å². The monoisotopic (exact) mass is 335 g/mol. The SMILES string of the molecule is CC(NC1CCN(c2ccccc2)C(=O)C1)c1nnc2ccccn12. The summed E-state index contributed by atoms with van der Waals surface area (Å²) in [5.74, 6) is 1.03. The van der Waals surface area contributed by atoms with Gasteiger partial charge in [0.1, 0.15) is 0 Å². The molecule has 0 spiro atoms. The lowest BCUT2D eigenvalue weighted by Crippen LogP contribution is -2.46. The molecule has 2 unspecified atom stereocenters. The Hall–Kier alpha value is -2.73. The fourth-order valence-electron chi connectivity index (χ4n) is 3.44. The van der Waals surface area contributed by atoms with Crippen LogP contribution in [0.5, 0.6) is 0 Å². The first-order valence-corrected chi connectivity index (χ1v) is 8.63. The Bertz CT molecular complexity index is 876. The Kier molecular flexibility index (Phi) is 4.19. The lowest BCUT2D eigenvalue weighted by molar-refractivity contribution is -0.120. The fourth-order valence-corrected chi connectivity index (χ4v) is 3.44. The van der Waals surface area contributed by atoms with Crippen LogP contribution in [0.15, 0.2) is 54.7 Å². The Labute approximate surface area is 146 Å². The number of piperidine rings is 1. The van der Waals surface area contributed by atoms with Crippen LogP contribution in [0, 0.1) is 0 Å². The second kappa shape index (κ2) is 6.64. The highest BCUT2D eigenvalue weighted by Gasteiger charge is 2.28. The first kappa shape index (κ1) is 15.8. The number of carbonyl (C=O) groups is 1. The van der Waals surface area contributed by atoms with Crippen LogP contribution in [-0.2, 0) is 4.79 Å². The third kappa shape index (κ3) is 3.13. The second-order valence-corrected chi connectivity index (χ2v) is 6.45. The highest BCUT2D eigenvalue weighted by molar-refractivity contribution is 5.94. The maximum absolute atomic E-state index is 12.5. The molecule has 0 aliphatic carbocycles. The van der Waals surface area contributed by atoms with E-state index >= 15 is 0 Å². The zero-order chi connectivity index (χ0) is 17.2. The average molecular weight is 335 g/mol. The van der Waals surface area contributed by atoms with Crippen LogP contribution < -0.4 is 10.2 Å². The first-order chi connectivity index (χ1) is 12.2. The molecule has 1 aromatic carbocycles. The molecule has 25 heavy (non-hydrogen) atoms. The minimum absolute atomic E-state index is 0.0264. The normalized spacial score (nSPS) is 19.3. The lowest BCUT2D eigenvalue weighted by Gasteiger charge is -2.33. The van der Waals surface area contributed by atoms with Gasteiger partial charge in [-0.2, -0.15) is 0 Å². The Morgan fingerprint density at radius 1 is 1.12 bits per heavy atom. The van der Waals surface area contributed by atoms with Gasteiger partial charge in [0.05, 0.1) is 6.04 Å². The standard InChI is InChI=1S/C19H21N5O/c1-14(19-22-21-17-9-5-6-11-24(17)19)20-15-10-12-23(18(25)13-15)16-7-3-2-4-8-16/h2-9,11,14-15,20H,10,12-13H2,1H3. The highest BCUT2D eigenvalue weighted by Crippen LogP contribution is 2.22. The summed E-state index contributed by atoms with van der Waals surface area (Å²) < 4.78 is 1.98. The van der Waals surface area contributed by atoms with Gasteiger partial charge in [0, 0.05) is 30.9 Å². The summed E-state index contributed by atoms with van der Waals surface area (Å²) >= 11 is 0. The van der Waals surface area contributed by atoms with E-state index in [-0.39, 0.29) is 18.0 Å². The Morgan fingerprint density at radius 2 is 1.92 bits per heavy atom. The van der Waals surface area contributed by atoms with Crippen LogP contribution in [0.2, 0.25) is 0 Å². The summed E-state index contributed by atoms with van der Waals surface area (Å²) in [7, 11) is 0. The van der Waals surface area contributed by atoms with Crippen molar-refractivity contribution in [2.45, 2.75) is 31.8 Å². The minimum Gasteiger partial charge on any atom is -0.312 e. The largest absolute Gasteiger partial charge is 0.312 e. The van der Waals surface area contributed by atoms with E-state index in [1.54, 1.807) is 0 Å². The number of hydrogen-bond donors (Lipinski definition) is 1. The van der Waals surface area contributed by atoms with E-state index in [2.05, 4.69) is 22.4 Å². The van der Waals surface area contributed by atoms with E-state index in [9.17, 15) is 4.79 Å². The summed E-state index contributed by atoms with van der Waals surface area (Å²) in [4.78, 5) is 14.4. The number of nitrogens with zero attached hydrogens (tertiary/aromatic N) is 4. The Morgan fingerprint density at radius 3 is 2.72 bits per heavy atom. The lowest BCUT2D eigenvalue weighted by atomic mass is 10.0. The maximum atomic E-state index is 12.5. The predicted molar refractivity (Wildman–Crippen MR) is 96.4 cm³/mol. The van der Waals surface area contributed by atoms with E-state index in [0.29, 0.717) is 6.42 Å². The Balaban J connectivity index is 1.43. The molecule has 0 saturated carbocycles. The summed E-state index contributed by atoms with van der Waals surface area (Å²) in [5, 5.41) is 12.0. The first-order valence-electron chi connectivity index (χ1n) is 8.63. The van der Waals surface area contributed by atoms with Crippen molar-refractivity contribution in [1.82, 2.24) is 19.9 Å². The number of nitrogens with one attached hydrogen (secondary N) is 1. The number of rotatable bonds is 4. The van der Waals surface area contributed by atoms with Crippen molar-refractivity contribution in [2.24, 2.45) is 0 Å². The third-order valence-corrected chi connectivity index (χ3v) is 4.70. The molecule has 6 heteroatoms. The van der Waals surface area contributed by atoms with E-state index < -0.39 is 0 Å². The van der Waals surface area contributed by atoms with E-state index in [4.69, 9.17) is 0 Å². The van der Waals surface area contributed by atoms with Gasteiger partial charge in [0.2, 0.25) is 5.91 Å². The van der Waals surface area contributed by atoms with Crippen LogP contribution in [-0.4, -0.2) is 33.1 Å². The number of benzene rings is 1. The zero-order valence-electron chi connectivity index (χ0n) is 14.2. The molecule has 1 aliphatic heterocycles. The predicted octanol–water partition coefficient (Wildman–Crippen LogP) is 2.58. The van der Waals surface area contributed by atoms with Gasteiger partial charge < -0.3 is 10.2 Å². The third-order valence-electron chi connectivity index (χ3n) is 4.70. The molecule has 3 aromatic rings. The quantitative estimate of drug-likeness (QED) is 0.796. The second-order valence-electron chi connectivity index (χ2n) is 6.45. The summed E-state index contributed by atoms with van der Waals surface area (Å²) in [6, 6.07) is 15.9. The summed E-state index contributed by atoms with van der Waals surface area (Å²) in [6.07, 6.45) is 3.38. The molecule has 2 atom stereocenters. The number of carbonyl (C=O) groups excluding carboxylic acids is 1. The molecular weight excluding hydrogens is 314 g/mol. The van der Waals surface area contributed by atoms with Crippen LogP contribution in [0.3, 0.4) is 0 Å². The smallest absolute Gasteiger partial charge is 0.228 e. The van der Waals surface area contributed by atoms with Crippen molar-refractivity contribution >= 4 is 17.2 Å². The number of aromatic nitrogens is 3. The molecule has 1 amide bonds. The van der Waals surface area contributed by atoms with E-state index in [1.165, 1.54) is 0 Å². The van der Waals surface area contributed by atoms with Gasteiger partial charge in [-0.15, -0.1) is 10.2 Å². The molecule has 4 rings (SSSR count). The van der Waals surface area contributed by atoms with Crippen molar-refractivity contribution in [2.75, 3.05) is 11.4 Å². The molecule has 1 aliphatic rings. The van der Waals surface area contributed by atoms with Crippen molar-refractivity contribution in [3.05, 3.63) is 60.6 Å². The highest BCUT2D eigenvalue weighted by atomic mass is 16.2. The van der Waals surface area contributed by atoms with Gasteiger partial charge in [-0.1, -0.05) is 24.3 Å². The van der Waals surface area contributed by atoms with Crippen LogP contribution in [0.25, 0.3) is 5.65 Å². The van der Waals surface area contributed by atoms with Gasteiger partial charge in [-0.3, -0.25) is 9.20 Å². The van der Waals surface area contributed by atoms with Crippen LogP contribution in [0.1, 0.15) is 31.6 Å². The molecule has 128 valence electrons. The van der Waals surface area contributed by atoms with Gasteiger partial charge in [0.25, 0.3) is 0 Å². The maximum Gasteiger partial charge on any atom is 0.228 e. The molecule has 1 saturated heterocycles. The van der Waals surface area contributed by atoms with E-state index in [0.717, 1.165) is 30.1 Å². The number of amides is 1. The fraction of sp³-hybridized carbons (Fsp3) is 0.316. The number of para-hydroxylation sites is 1. The van der Waals surface area contributed by atoms with Crippen molar-refractivity contribution in [1.29, 1.82) is 0 Å². The summed E-state index contributed by atoms with van der Waals surface area (Å²) in [6.45, 7) is 2.80. The van der Waals surface area contributed by atoms with Crippen molar-refractivity contribution in [3.8, 4) is 0 Å². The van der Waals surface area contributed by atoms with Gasteiger partial charge in [-0.25, -0.2) is 0 Å². The number of fused-ring (bicyclic) bond motifs is 1. The van der Waals surface area contributed by atoms with Gasteiger partial charge in [-0.05, 0) is 37.6 Å². The number of anilines is 1.